The van der Waals surface area contributed by atoms with Gasteiger partial charge in [-0.05, 0) is 26.2 Å². The summed E-state index contributed by atoms with van der Waals surface area (Å²) in [5.74, 6) is 2.14. The highest BCUT2D eigenvalue weighted by Gasteiger charge is 2.55. The molecule has 2 saturated heterocycles. The summed E-state index contributed by atoms with van der Waals surface area (Å²) in [6, 6.07) is 0. The van der Waals surface area contributed by atoms with E-state index in [0.717, 1.165) is 30.9 Å². The SMILES string of the molecule is Cc1nc([C@@]23CCN(C(=O)c4cncn4C)C[C@@H]2CN(C(=O)C2CC2)C3)n[nH]1. The summed E-state index contributed by atoms with van der Waals surface area (Å²) in [7, 11) is 1.83. The van der Waals surface area contributed by atoms with Crippen LogP contribution in [-0.2, 0) is 17.3 Å². The second kappa shape index (κ2) is 6.15. The summed E-state index contributed by atoms with van der Waals surface area (Å²) < 4.78 is 1.75. The van der Waals surface area contributed by atoms with Crippen LogP contribution in [0.1, 0.15) is 41.4 Å². The van der Waals surface area contributed by atoms with Crippen LogP contribution in [0.15, 0.2) is 12.5 Å². The summed E-state index contributed by atoms with van der Waals surface area (Å²) in [4.78, 5) is 38.3. The van der Waals surface area contributed by atoms with Crippen LogP contribution < -0.4 is 0 Å². The Bertz CT molecular complexity index is 930. The Kier molecular flexibility index (Phi) is 3.82. The number of aryl methyl sites for hydroxylation is 2. The number of carbonyl (C=O) groups excluding carboxylic acids is 2. The summed E-state index contributed by atoms with van der Waals surface area (Å²) in [5, 5.41) is 7.43. The molecular formula is C19H25N7O2. The molecule has 1 N–H and O–H groups in total. The summed E-state index contributed by atoms with van der Waals surface area (Å²) in [6.45, 7) is 4.44. The molecular weight excluding hydrogens is 358 g/mol. The maximum Gasteiger partial charge on any atom is 0.272 e. The molecule has 2 atom stereocenters. The van der Waals surface area contributed by atoms with Gasteiger partial charge in [0.2, 0.25) is 5.91 Å². The molecule has 2 amide bonds. The number of H-pyrrole nitrogens is 1. The van der Waals surface area contributed by atoms with Crippen LogP contribution in [-0.4, -0.2) is 72.5 Å². The number of hydrogen-bond donors (Lipinski definition) is 1. The number of aromatic amines is 1. The van der Waals surface area contributed by atoms with E-state index in [-0.39, 0.29) is 29.1 Å². The first-order valence-corrected chi connectivity index (χ1v) is 9.92. The minimum atomic E-state index is -0.279. The fraction of sp³-hybridized carbons (Fsp3) is 0.632. The highest BCUT2D eigenvalue weighted by Crippen LogP contribution is 2.45. The van der Waals surface area contributed by atoms with E-state index >= 15 is 0 Å². The van der Waals surface area contributed by atoms with Gasteiger partial charge in [-0.1, -0.05) is 0 Å². The van der Waals surface area contributed by atoms with Crippen LogP contribution in [0.4, 0.5) is 0 Å². The normalized spacial score (nSPS) is 27.1. The highest BCUT2D eigenvalue weighted by molar-refractivity contribution is 5.92. The van der Waals surface area contributed by atoms with Gasteiger partial charge in [0.05, 0.1) is 17.9 Å². The number of carbonyl (C=O) groups is 2. The van der Waals surface area contributed by atoms with Crippen molar-refractivity contribution in [3.05, 3.63) is 29.9 Å². The van der Waals surface area contributed by atoms with Crippen molar-refractivity contribution in [2.45, 2.75) is 31.6 Å². The summed E-state index contributed by atoms with van der Waals surface area (Å²) in [6.07, 6.45) is 6.01. The Hall–Kier alpha value is -2.71. The fourth-order valence-electron chi connectivity index (χ4n) is 4.78. The minimum absolute atomic E-state index is 0.00765. The van der Waals surface area contributed by atoms with Crippen molar-refractivity contribution in [2.24, 2.45) is 18.9 Å². The fourth-order valence-corrected chi connectivity index (χ4v) is 4.78. The number of fused-ring (bicyclic) bond motifs is 1. The molecule has 2 aliphatic heterocycles. The van der Waals surface area contributed by atoms with Crippen LogP contribution in [0.25, 0.3) is 0 Å². The molecule has 0 unspecified atom stereocenters. The lowest BCUT2D eigenvalue weighted by Crippen LogP contribution is -2.52. The second-order valence-electron chi connectivity index (χ2n) is 8.48. The predicted octanol–water partition coefficient (Wildman–Crippen LogP) is 0.499. The lowest BCUT2D eigenvalue weighted by Gasteiger charge is -2.41. The number of hydrogen-bond acceptors (Lipinski definition) is 5. The number of imidazole rings is 1. The minimum Gasteiger partial charge on any atom is -0.341 e. The predicted molar refractivity (Wildman–Crippen MR) is 99.3 cm³/mol. The van der Waals surface area contributed by atoms with Gasteiger partial charge in [-0.15, -0.1) is 0 Å². The van der Waals surface area contributed by atoms with E-state index in [2.05, 4.69) is 20.2 Å². The zero-order valence-corrected chi connectivity index (χ0v) is 16.3. The lowest BCUT2D eigenvalue weighted by atomic mass is 9.72. The smallest absolute Gasteiger partial charge is 0.272 e. The molecule has 3 fully saturated rings. The molecule has 2 aromatic rings. The molecule has 0 radical (unpaired) electrons. The molecule has 5 rings (SSSR count). The van der Waals surface area contributed by atoms with Crippen molar-refractivity contribution in [2.75, 3.05) is 26.2 Å². The molecule has 0 bridgehead atoms. The largest absolute Gasteiger partial charge is 0.341 e. The number of piperidine rings is 1. The van der Waals surface area contributed by atoms with Gasteiger partial charge in [0.15, 0.2) is 5.82 Å². The summed E-state index contributed by atoms with van der Waals surface area (Å²) >= 11 is 0. The molecule has 28 heavy (non-hydrogen) atoms. The molecule has 3 aliphatic rings. The van der Waals surface area contributed by atoms with Crippen LogP contribution in [0.3, 0.4) is 0 Å². The topological polar surface area (TPSA) is 100 Å². The zero-order chi connectivity index (χ0) is 19.5. The Labute approximate surface area is 163 Å². The third-order valence-corrected chi connectivity index (χ3v) is 6.57. The van der Waals surface area contributed by atoms with Crippen molar-refractivity contribution in [3.63, 3.8) is 0 Å². The number of nitrogens with one attached hydrogen (secondary N) is 1. The van der Waals surface area contributed by atoms with E-state index in [1.165, 1.54) is 0 Å². The van der Waals surface area contributed by atoms with Gasteiger partial charge in [0, 0.05) is 45.1 Å². The molecule has 9 nitrogen and oxygen atoms in total. The van der Waals surface area contributed by atoms with Crippen molar-refractivity contribution in [1.82, 2.24) is 34.5 Å². The molecule has 0 aromatic carbocycles. The molecule has 0 spiro atoms. The van der Waals surface area contributed by atoms with Gasteiger partial charge in [-0.25, -0.2) is 9.97 Å². The molecule has 148 valence electrons. The summed E-state index contributed by atoms with van der Waals surface area (Å²) in [5.41, 5.74) is 0.309. The number of aromatic nitrogens is 5. The van der Waals surface area contributed by atoms with E-state index in [0.29, 0.717) is 31.9 Å². The molecule has 1 saturated carbocycles. The van der Waals surface area contributed by atoms with E-state index in [1.54, 1.807) is 17.1 Å². The van der Waals surface area contributed by atoms with Gasteiger partial charge in [0.25, 0.3) is 5.91 Å². The average molecular weight is 383 g/mol. The van der Waals surface area contributed by atoms with Crippen LogP contribution in [0.2, 0.25) is 0 Å². The van der Waals surface area contributed by atoms with E-state index in [9.17, 15) is 9.59 Å². The number of rotatable bonds is 3. The first-order chi connectivity index (χ1) is 13.5. The Morgan fingerprint density at radius 3 is 2.68 bits per heavy atom. The highest BCUT2D eigenvalue weighted by atomic mass is 16.2. The van der Waals surface area contributed by atoms with Crippen LogP contribution in [0.5, 0.6) is 0 Å². The molecule has 9 heteroatoms. The van der Waals surface area contributed by atoms with Crippen molar-refractivity contribution < 1.29 is 9.59 Å². The van der Waals surface area contributed by atoms with E-state index in [1.807, 2.05) is 23.8 Å². The van der Waals surface area contributed by atoms with E-state index in [4.69, 9.17) is 0 Å². The van der Waals surface area contributed by atoms with Crippen molar-refractivity contribution in [1.29, 1.82) is 0 Å². The Balaban J connectivity index is 1.43. The average Bonchev–Trinajstić information content (AvgIpc) is 3.09. The van der Waals surface area contributed by atoms with Gasteiger partial charge < -0.3 is 14.4 Å². The van der Waals surface area contributed by atoms with Gasteiger partial charge in [0.1, 0.15) is 11.5 Å². The molecule has 1 aliphatic carbocycles. The first kappa shape index (κ1) is 17.4. The Morgan fingerprint density at radius 2 is 2.04 bits per heavy atom. The Morgan fingerprint density at radius 1 is 1.25 bits per heavy atom. The van der Waals surface area contributed by atoms with Crippen molar-refractivity contribution >= 4 is 11.8 Å². The van der Waals surface area contributed by atoms with E-state index < -0.39 is 0 Å². The second-order valence-corrected chi connectivity index (χ2v) is 8.48. The van der Waals surface area contributed by atoms with Gasteiger partial charge in [-0.2, -0.15) is 5.10 Å². The monoisotopic (exact) mass is 383 g/mol. The number of amides is 2. The third kappa shape index (κ3) is 2.63. The standard InChI is InChI=1S/C19H25N7O2/c1-12-21-18(23-22-12)19-5-6-25(17(28)15-7-20-11-24(15)2)8-14(19)9-26(10-19)16(27)13-3-4-13/h7,11,13-14H,3-6,8-10H2,1-2H3,(H,21,22,23)/t14-,19-/m1/s1. The molecule has 4 heterocycles. The molecule has 2 aromatic heterocycles. The quantitative estimate of drug-likeness (QED) is 0.832. The van der Waals surface area contributed by atoms with Crippen molar-refractivity contribution in [3.8, 4) is 0 Å². The first-order valence-electron chi connectivity index (χ1n) is 9.92. The maximum absolute atomic E-state index is 13.0. The maximum atomic E-state index is 13.0. The number of likely N-dealkylation sites (tertiary alicyclic amines) is 2. The number of nitrogens with zero attached hydrogens (tertiary/aromatic N) is 6. The van der Waals surface area contributed by atoms with Gasteiger partial charge in [-0.3, -0.25) is 14.7 Å². The third-order valence-electron chi connectivity index (χ3n) is 6.57. The van der Waals surface area contributed by atoms with Gasteiger partial charge >= 0.3 is 0 Å². The van der Waals surface area contributed by atoms with Crippen LogP contribution >= 0.6 is 0 Å². The lowest BCUT2D eigenvalue weighted by molar-refractivity contribution is -0.131. The zero-order valence-electron chi connectivity index (χ0n) is 16.3. The van der Waals surface area contributed by atoms with Crippen LogP contribution in [0, 0.1) is 18.8 Å².